The predicted octanol–water partition coefficient (Wildman–Crippen LogP) is 0.159. The first-order valence-corrected chi connectivity index (χ1v) is 3.54. The average molecular weight is 152 g/mol. The van der Waals surface area contributed by atoms with Crippen LogP contribution in [0.3, 0.4) is 0 Å². The first kappa shape index (κ1) is 6.61. The Bertz CT molecular complexity index is 252. The first-order valence-electron chi connectivity index (χ1n) is 3.54. The van der Waals surface area contributed by atoms with E-state index in [1.165, 1.54) is 6.08 Å². The van der Waals surface area contributed by atoms with E-state index in [0.29, 0.717) is 6.42 Å². The van der Waals surface area contributed by atoms with Gasteiger partial charge in [-0.15, -0.1) is 0 Å². The van der Waals surface area contributed by atoms with Gasteiger partial charge in [-0.1, -0.05) is 12.2 Å². The fourth-order valence-corrected chi connectivity index (χ4v) is 1.33. The Balaban J connectivity index is 2.26. The van der Waals surface area contributed by atoms with Crippen molar-refractivity contribution in [3.05, 3.63) is 23.8 Å². The molecule has 3 heteroatoms. The molecule has 1 heterocycles. The summed E-state index contributed by atoms with van der Waals surface area (Å²) in [5.41, 5.74) is 0.875. The van der Waals surface area contributed by atoms with Crippen molar-refractivity contribution in [2.45, 2.75) is 18.6 Å². The van der Waals surface area contributed by atoms with Gasteiger partial charge in [-0.2, -0.15) is 0 Å². The monoisotopic (exact) mass is 152 g/mol. The van der Waals surface area contributed by atoms with Crippen LogP contribution in [0.1, 0.15) is 6.42 Å². The van der Waals surface area contributed by atoms with Crippen LogP contribution >= 0.6 is 0 Å². The largest absolute Gasteiger partial charge is 0.454 e. The standard InChI is InChI=1S/C8H8O3/c9-6-2-1-5-3-8(10)11-7(5)4-6/h1-3,6-7,9H,4H2/t6-,7-/m1/s1. The zero-order valence-corrected chi connectivity index (χ0v) is 5.86. The van der Waals surface area contributed by atoms with Crippen LogP contribution < -0.4 is 0 Å². The summed E-state index contributed by atoms with van der Waals surface area (Å²) < 4.78 is 4.89. The highest BCUT2D eigenvalue weighted by Gasteiger charge is 2.28. The van der Waals surface area contributed by atoms with E-state index >= 15 is 0 Å². The number of aliphatic hydroxyl groups excluding tert-OH is 1. The van der Waals surface area contributed by atoms with Crippen molar-refractivity contribution < 1.29 is 14.6 Å². The predicted molar refractivity (Wildman–Crippen MR) is 37.7 cm³/mol. The molecule has 0 saturated carbocycles. The zero-order valence-electron chi connectivity index (χ0n) is 5.86. The van der Waals surface area contributed by atoms with Crippen molar-refractivity contribution in [3.63, 3.8) is 0 Å². The Morgan fingerprint density at radius 2 is 2.45 bits per heavy atom. The smallest absolute Gasteiger partial charge is 0.331 e. The fourth-order valence-electron chi connectivity index (χ4n) is 1.33. The Kier molecular flexibility index (Phi) is 1.32. The summed E-state index contributed by atoms with van der Waals surface area (Å²) in [4.78, 5) is 10.7. The fraction of sp³-hybridized carbons (Fsp3) is 0.375. The second kappa shape index (κ2) is 2.20. The van der Waals surface area contributed by atoms with E-state index in [0.717, 1.165) is 5.57 Å². The molecule has 2 atom stereocenters. The molecule has 0 saturated heterocycles. The topological polar surface area (TPSA) is 46.5 Å². The molecule has 3 nitrogen and oxygen atoms in total. The van der Waals surface area contributed by atoms with Crippen LogP contribution in [-0.4, -0.2) is 23.3 Å². The van der Waals surface area contributed by atoms with Gasteiger partial charge in [0, 0.05) is 12.5 Å². The molecule has 0 amide bonds. The number of rotatable bonds is 0. The van der Waals surface area contributed by atoms with Gasteiger partial charge in [0.15, 0.2) is 0 Å². The van der Waals surface area contributed by atoms with Gasteiger partial charge in [0.25, 0.3) is 0 Å². The van der Waals surface area contributed by atoms with Crippen LogP contribution in [0, 0.1) is 0 Å². The number of ether oxygens (including phenoxy) is 1. The Morgan fingerprint density at radius 3 is 3.27 bits per heavy atom. The summed E-state index contributed by atoms with van der Waals surface area (Å²) in [6, 6.07) is 0. The molecule has 0 aromatic rings. The second-order valence-electron chi connectivity index (χ2n) is 2.73. The van der Waals surface area contributed by atoms with Gasteiger partial charge in [0.2, 0.25) is 0 Å². The van der Waals surface area contributed by atoms with Crippen molar-refractivity contribution in [3.8, 4) is 0 Å². The number of carbonyl (C=O) groups is 1. The molecule has 11 heavy (non-hydrogen) atoms. The number of esters is 1. The van der Waals surface area contributed by atoms with Gasteiger partial charge in [-0.25, -0.2) is 4.79 Å². The van der Waals surface area contributed by atoms with Crippen LogP contribution in [0.5, 0.6) is 0 Å². The van der Waals surface area contributed by atoms with Crippen LogP contribution in [0.25, 0.3) is 0 Å². The maximum Gasteiger partial charge on any atom is 0.331 e. The molecule has 0 aromatic heterocycles. The molecule has 1 N–H and O–H groups in total. The van der Waals surface area contributed by atoms with Gasteiger partial charge < -0.3 is 9.84 Å². The SMILES string of the molecule is O=C1C=C2C=C[C@@H](O)C[C@H]2O1. The molecule has 0 bridgehead atoms. The van der Waals surface area contributed by atoms with E-state index < -0.39 is 6.10 Å². The molecule has 0 radical (unpaired) electrons. The van der Waals surface area contributed by atoms with Crippen LogP contribution in [0.4, 0.5) is 0 Å². The van der Waals surface area contributed by atoms with Gasteiger partial charge in [-0.05, 0) is 5.57 Å². The molecule has 0 fully saturated rings. The number of aliphatic hydroxyl groups is 1. The molecule has 2 aliphatic rings. The maximum atomic E-state index is 10.7. The third kappa shape index (κ3) is 1.07. The third-order valence-corrected chi connectivity index (χ3v) is 1.88. The average Bonchev–Trinajstić information content (AvgIpc) is 2.27. The number of fused-ring (bicyclic) bond motifs is 1. The summed E-state index contributed by atoms with van der Waals surface area (Å²) >= 11 is 0. The van der Waals surface area contributed by atoms with Crippen molar-refractivity contribution in [1.29, 1.82) is 0 Å². The molecule has 1 aliphatic carbocycles. The maximum absolute atomic E-state index is 10.7. The normalized spacial score (nSPS) is 34.6. The summed E-state index contributed by atoms with van der Waals surface area (Å²) in [6.07, 6.45) is 4.69. The number of carbonyl (C=O) groups excluding carboxylic acids is 1. The molecule has 0 spiro atoms. The Hall–Kier alpha value is -1.09. The van der Waals surface area contributed by atoms with Crippen molar-refractivity contribution >= 4 is 5.97 Å². The number of hydrogen-bond acceptors (Lipinski definition) is 3. The van der Waals surface area contributed by atoms with E-state index in [1.807, 2.05) is 0 Å². The lowest BCUT2D eigenvalue weighted by Crippen LogP contribution is -2.21. The minimum Gasteiger partial charge on any atom is -0.454 e. The summed E-state index contributed by atoms with van der Waals surface area (Å²) in [5.74, 6) is -0.302. The lowest BCUT2D eigenvalue weighted by molar-refractivity contribution is -0.139. The van der Waals surface area contributed by atoms with Gasteiger partial charge in [0.05, 0.1) is 6.10 Å². The molecule has 2 rings (SSSR count). The van der Waals surface area contributed by atoms with Gasteiger partial charge >= 0.3 is 5.97 Å². The number of hydrogen-bond donors (Lipinski definition) is 1. The second-order valence-corrected chi connectivity index (χ2v) is 2.73. The minimum atomic E-state index is -0.469. The van der Waals surface area contributed by atoms with E-state index in [2.05, 4.69) is 0 Å². The Morgan fingerprint density at radius 1 is 1.64 bits per heavy atom. The van der Waals surface area contributed by atoms with E-state index in [9.17, 15) is 4.79 Å². The molecule has 1 aliphatic heterocycles. The molecule has 58 valence electrons. The van der Waals surface area contributed by atoms with Gasteiger partial charge in [0.1, 0.15) is 6.10 Å². The van der Waals surface area contributed by atoms with Crippen molar-refractivity contribution in [2.24, 2.45) is 0 Å². The van der Waals surface area contributed by atoms with Crippen molar-refractivity contribution in [1.82, 2.24) is 0 Å². The van der Waals surface area contributed by atoms with Crippen molar-refractivity contribution in [2.75, 3.05) is 0 Å². The van der Waals surface area contributed by atoms with Crippen LogP contribution in [-0.2, 0) is 9.53 Å². The van der Waals surface area contributed by atoms with Crippen LogP contribution in [0.2, 0.25) is 0 Å². The molecular weight excluding hydrogens is 144 g/mol. The minimum absolute atomic E-state index is 0.206. The highest BCUT2D eigenvalue weighted by Crippen LogP contribution is 2.25. The van der Waals surface area contributed by atoms with E-state index in [4.69, 9.17) is 9.84 Å². The molecule has 0 unspecified atom stereocenters. The quantitative estimate of drug-likeness (QED) is 0.503. The Labute approximate surface area is 64.0 Å². The highest BCUT2D eigenvalue weighted by molar-refractivity contribution is 5.86. The summed E-state index contributed by atoms with van der Waals surface area (Å²) in [7, 11) is 0. The summed E-state index contributed by atoms with van der Waals surface area (Å²) in [6.45, 7) is 0. The lowest BCUT2D eigenvalue weighted by Gasteiger charge is -2.18. The summed E-state index contributed by atoms with van der Waals surface area (Å²) in [5, 5.41) is 9.14. The highest BCUT2D eigenvalue weighted by atomic mass is 16.5. The first-order chi connectivity index (χ1) is 5.25. The molecule has 0 aromatic carbocycles. The van der Waals surface area contributed by atoms with Gasteiger partial charge in [-0.3, -0.25) is 0 Å². The zero-order chi connectivity index (χ0) is 7.84. The lowest BCUT2D eigenvalue weighted by atomic mass is 9.98. The molecular formula is C8H8O3. The van der Waals surface area contributed by atoms with E-state index in [1.54, 1.807) is 12.2 Å². The third-order valence-electron chi connectivity index (χ3n) is 1.88. The van der Waals surface area contributed by atoms with Crippen LogP contribution in [0.15, 0.2) is 23.8 Å². The van der Waals surface area contributed by atoms with E-state index in [-0.39, 0.29) is 12.1 Å².